The van der Waals surface area contributed by atoms with E-state index in [4.69, 9.17) is 0 Å². The fraction of sp³-hybridized carbons (Fsp3) is 0.353. The van der Waals surface area contributed by atoms with Crippen molar-refractivity contribution in [3.05, 3.63) is 42.1 Å². The van der Waals surface area contributed by atoms with Crippen LogP contribution in [0, 0.1) is 0 Å². The van der Waals surface area contributed by atoms with Crippen molar-refractivity contribution in [2.45, 2.75) is 19.8 Å². The normalized spacial score (nSPS) is 10.2. The molecule has 1 N–H and O–H groups in total. The molecule has 1 heterocycles. The lowest BCUT2D eigenvalue weighted by atomic mass is 10.2. The largest absolute Gasteiger partial charge is 0.465 e. The highest BCUT2D eigenvalue weighted by Crippen LogP contribution is 2.17. The molecule has 1 aromatic carbocycles. The van der Waals surface area contributed by atoms with E-state index in [9.17, 15) is 4.79 Å². The number of benzene rings is 1. The summed E-state index contributed by atoms with van der Waals surface area (Å²) in [5.41, 5.74) is 1.32. The summed E-state index contributed by atoms with van der Waals surface area (Å²) in [6.07, 6.45) is 4.00. The number of unbranched alkanes of at least 4 members (excludes halogenated alkanes) is 1. The number of esters is 1. The number of ether oxygens (including phenoxy) is 1. The molecule has 0 aliphatic heterocycles. The average molecular weight is 314 g/mol. The molecule has 6 heteroatoms. The van der Waals surface area contributed by atoms with E-state index in [1.54, 1.807) is 30.5 Å². The summed E-state index contributed by atoms with van der Waals surface area (Å²) < 4.78 is 4.68. The van der Waals surface area contributed by atoms with E-state index in [2.05, 4.69) is 31.8 Å². The molecule has 1 aromatic heterocycles. The van der Waals surface area contributed by atoms with E-state index in [0.29, 0.717) is 11.5 Å². The van der Waals surface area contributed by atoms with Crippen LogP contribution in [0.2, 0.25) is 0 Å². The molecule has 0 unspecified atom stereocenters. The van der Waals surface area contributed by atoms with Crippen molar-refractivity contribution >= 4 is 23.4 Å². The van der Waals surface area contributed by atoms with Gasteiger partial charge in [0, 0.05) is 25.5 Å². The van der Waals surface area contributed by atoms with Gasteiger partial charge in [0.05, 0.1) is 12.7 Å². The second-order valence-electron chi connectivity index (χ2n) is 5.21. The van der Waals surface area contributed by atoms with Crippen LogP contribution in [-0.2, 0) is 4.74 Å². The predicted molar refractivity (Wildman–Crippen MR) is 91.3 cm³/mol. The van der Waals surface area contributed by atoms with E-state index in [1.165, 1.54) is 7.11 Å². The van der Waals surface area contributed by atoms with E-state index in [1.807, 2.05) is 13.1 Å². The highest BCUT2D eigenvalue weighted by molar-refractivity contribution is 5.89. The Morgan fingerprint density at radius 1 is 1.26 bits per heavy atom. The minimum absolute atomic E-state index is 0.354. The number of rotatable bonds is 7. The number of nitrogens with zero attached hydrogens (tertiary/aromatic N) is 3. The van der Waals surface area contributed by atoms with Crippen molar-refractivity contribution < 1.29 is 9.53 Å². The molecule has 0 atom stereocenters. The highest BCUT2D eigenvalue weighted by Gasteiger charge is 2.07. The van der Waals surface area contributed by atoms with E-state index in [-0.39, 0.29) is 5.97 Å². The molecule has 0 saturated heterocycles. The minimum Gasteiger partial charge on any atom is -0.465 e. The Bertz CT molecular complexity index is 643. The molecule has 0 bridgehead atoms. The maximum atomic E-state index is 11.4. The summed E-state index contributed by atoms with van der Waals surface area (Å²) in [4.78, 5) is 22.3. The molecule has 0 fully saturated rings. The summed E-state index contributed by atoms with van der Waals surface area (Å²) in [5, 5.41) is 3.14. The standard InChI is InChI=1S/C17H22N4O2/c1-4-5-12-21(2)15-10-11-18-17(20-15)19-14-8-6-13(7-9-14)16(22)23-3/h6-11H,4-5,12H2,1-3H3,(H,18,19,20). The van der Waals surface area contributed by atoms with Crippen LogP contribution >= 0.6 is 0 Å². The van der Waals surface area contributed by atoms with Crippen molar-refractivity contribution in [2.24, 2.45) is 0 Å². The molecule has 0 radical (unpaired) electrons. The van der Waals surface area contributed by atoms with Crippen LogP contribution in [-0.4, -0.2) is 36.6 Å². The van der Waals surface area contributed by atoms with Gasteiger partial charge in [0.15, 0.2) is 0 Å². The zero-order valence-electron chi connectivity index (χ0n) is 13.7. The Kier molecular flexibility index (Phi) is 5.91. The van der Waals surface area contributed by atoms with Gasteiger partial charge in [-0.05, 0) is 36.8 Å². The topological polar surface area (TPSA) is 67.4 Å². The summed E-state index contributed by atoms with van der Waals surface area (Å²) in [7, 11) is 3.38. The molecule has 0 spiro atoms. The van der Waals surface area contributed by atoms with Gasteiger partial charge in [-0.1, -0.05) is 13.3 Å². The van der Waals surface area contributed by atoms with Gasteiger partial charge >= 0.3 is 5.97 Å². The van der Waals surface area contributed by atoms with Crippen LogP contribution in [0.4, 0.5) is 17.5 Å². The van der Waals surface area contributed by atoms with Crippen molar-refractivity contribution in [3.8, 4) is 0 Å². The SMILES string of the molecule is CCCCN(C)c1ccnc(Nc2ccc(C(=O)OC)cc2)n1. The number of nitrogens with one attached hydrogen (secondary N) is 1. The summed E-state index contributed by atoms with van der Waals surface area (Å²) in [6.45, 7) is 3.12. The van der Waals surface area contributed by atoms with E-state index >= 15 is 0 Å². The fourth-order valence-electron chi connectivity index (χ4n) is 2.07. The molecule has 23 heavy (non-hydrogen) atoms. The van der Waals surface area contributed by atoms with Crippen molar-refractivity contribution in [1.82, 2.24) is 9.97 Å². The zero-order chi connectivity index (χ0) is 16.7. The zero-order valence-corrected chi connectivity index (χ0v) is 13.7. The molecule has 6 nitrogen and oxygen atoms in total. The Balaban J connectivity index is 2.06. The first-order valence-electron chi connectivity index (χ1n) is 7.63. The predicted octanol–water partition coefficient (Wildman–Crippen LogP) is 3.24. The van der Waals surface area contributed by atoms with Gasteiger partial charge in [-0.25, -0.2) is 9.78 Å². The summed E-state index contributed by atoms with van der Waals surface area (Å²) in [5.74, 6) is 1.05. The van der Waals surface area contributed by atoms with Gasteiger partial charge in [0.25, 0.3) is 0 Å². The maximum absolute atomic E-state index is 11.4. The van der Waals surface area contributed by atoms with Gasteiger partial charge < -0.3 is 15.0 Å². The third-order valence-electron chi connectivity index (χ3n) is 3.44. The molecular weight excluding hydrogens is 292 g/mol. The lowest BCUT2D eigenvalue weighted by molar-refractivity contribution is 0.0601. The molecule has 0 aliphatic rings. The molecule has 2 rings (SSSR count). The van der Waals surface area contributed by atoms with Crippen molar-refractivity contribution in [2.75, 3.05) is 30.9 Å². The van der Waals surface area contributed by atoms with Gasteiger partial charge in [-0.15, -0.1) is 0 Å². The maximum Gasteiger partial charge on any atom is 0.337 e. The lowest BCUT2D eigenvalue weighted by Crippen LogP contribution is -2.19. The van der Waals surface area contributed by atoms with Crippen LogP contribution in [0.15, 0.2) is 36.5 Å². The van der Waals surface area contributed by atoms with Crippen molar-refractivity contribution in [3.63, 3.8) is 0 Å². The van der Waals surface area contributed by atoms with Crippen LogP contribution in [0.5, 0.6) is 0 Å². The Hall–Kier alpha value is -2.63. The van der Waals surface area contributed by atoms with Crippen molar-refractivity contribution in [1.29, 1.82) is 0 Å². The lowest BCUT2D eigenvalue weighted by Gasteiger charge is -2.18. The molecule has 122 valence electrons. The summed E-state index contributed by atoms with van der Waals surface area (Å²) in [6, 6.07) is 8.88. The monoisotopic (exact) mass is 314 g/mol. The summed E-state index contributed by atoms with van der Waals surface area (Å²) >= 11 is 0. The van der Waals surface area contributed by atoms with Crippen LogP contribution < -0.4 is 10.2 Å². The highest BCUT2D eigenvalue weighted by atomic mass is 16.5. The molecule has 2 aromatic rings. The van der Waals surface area contributed by atoms with Crippen LogP contribution in [0.25, 0.3) is 0 Å². The van der Waals surface area contributed by atoms with Crippen LogP contribution in [0.3, 0.4) is 0 Å². The van der Waals surface area contributed by atoms with Crippen LogP contribution in [0.1, 0.15) is 30.1 Å². The molecule has 0 amide bonds. The second-order valence-corrected chi connectivity index (χ2v) is 5.21. The third-order valence-corrected chi connectivity index (χ3v) is 3.44. The molecular formula is C17H22N4O2. The third kappa shape index (κ3) is 4.67. The number of carbonyl (C=O) groups is 1. The number of hydrogen-bond acceptors (Lipinski definition) is 6. The number of hydrogen-bond donors (Lipinski definition) is 1. The Labute approximate surface area is 136 Å². The number of methoxy groups -OCH3 is 1. The van der Waals surface area contributed by atoms with E-state index < -0.39 is 0 Å². The second kappa shape index (κ2) is 8.12. The Morgan fingerprint density at radius 3 is 2.65 bits per heavy atom. The quantitative estimate of drug-likeness (QED) is 0.791. The Morgan fingerprint density at radius 2 is 2.00 bits per heavy atom. The first-order valence-corrected chi connectivity index (χ1v) is 7.63. The number of aromatic nitrogens is 2. The van der Waals surface area contributed by atoms with Gasteiger partial charge in [-0.3, -0.25) is 0 Å². The molecule has 0 saturated carbocycles. The average Bonchev–Trinajstić information content (AvgIpc) is 2.60. The number of carbonyl (C=O) groups excluding carboxylic acids is 1. The van der Waals surface area contributed by atoms with Gasteiger partial charge in [0.2, 0.25) is 5.95 Å². The first-order chi connectivity index (χ1) is 11.1. The minimum atomic E-state index is -0.354. The van der Waals surface area contributed by atoms with Gasteiger partial charge in [-0.2, -0.15) is 4.98 Å². The first kappa shape index (κ1) is 16.7. The smallest absolute Gasteiger partial charge is 0.337 e. The number of anilines is 3. The van der Waals surface area contributed by atoms with E-state index in [0.717, 1.165) is 30.9 Å². The molecule has 0 aliphatic carbocycles. The fourth-order valence-corrected chi connectivity index (χ4v) is 2.07. The van der Waals surface area contributed by atoms with Gasteiger partial charge in [0.1, 0.15) is 5.82 Å².